The second-order valence-corrected chi connectivity index (χ2v) is 13.4. The zero-order chi connectivity index (χ0) is 24.2. The van der Waals surface area contributed by atoms with E-state index < -0.39 is 0 Å². The summed E-state index contributed by atoms with van der Waals surface area (Å²) in [6.45, 7) is 26.2. The maximum atomic E-state index is 6.28. The fourth-order valence-corrected chi connectivity index (χ4v) is 5.18. The van der Waals surface area contributed by atoms with Crippen molar-refractivity contribution in [3.8, 4) is 0 Å². The molecule has 1 aromatic carbocycles. The van der Waals surface area contributed by atoms with Crippen molar-refractivity contribution in [2.45, 2.75) is 130 Å². The first kappa shape index (κ1) is 29.1. The normalized spacial score (nSPS) is 14.8. The highest BCUT2D eigenvalue weighted by atomic mass is 14.7. The maximum Gasteiger partial charge on any atom is 0.0105 e. The lowest BCUT2D eigenvalue weighted by Crippen LogP contribution is -2.40. The molecule has 0 aromatic heterocycles. The maximum absolute atomic E-state index is 6.28. The van der Waals surface area contributed by atoms with Crippen LogP contribution >= 0.6 is 0 Å². The van der Waals surface area contributed by atoms with Crippen molar-refractivity contribution in [1.29, 1.82) is 0 Å². The molecule has 0 radical (unpaired) electrons. The Labute approximate surface area is 188 Å². The van der Waals surface area contributed by atoms with Crippen LogP contribution in [0.5, 0.6) is 0 Å². The van der Waals surface area contributed by atoms with Crippen molar-refractivity contribution < 1.29 is 0 Å². The smallest absolute Gasteiger partial charge is 0.0105 e. The minimum Gasteiger partial charge on any atom is -0.328 e. The molecule has 1 rings (SSSR count). The molecule has 0 fully saturated rings. The van der Waals surface area contributed by atoms with Gasteiger partial charge in [0.25, 0.3) is 0 Å². The van der Waals surface area contributed by atoms with Crippen molar-refractivity contribution >= 4 is 0 Å². The van der Waals surface area contributed by atoms with Crippen LogP contribution in [0, 0.1) is 5.41 Å². The predicted molar refractivity (Wildman–Crippen MR) is 136 cm³/mol. The number of benzene rings is 1. The molecule has 0 heterocycles. The molecule has 1 atom stereocenters. The Morgan fingerprint density at radius 2 is 1.03 bits per heavy atom. The van der Waals surface area contributed by atoms with E-state index in [1.54, 1.807) is 0 Å². The van der Waals surface area contributed by atoms with Gasteiger partial charge in [0.1, 0.15) is 0 Å². The van der Waals surface area contributed by atoms with E-state index in [0.29, 0.717) is 5.41 Å². The van der Waals surface area contributed by atoms with Crippen LogP contribution in [0.1, 0.15) is 113 Å². The largest absolute Gasteiger partial charge is 0.328 e. The van der Waals surface area contributed by atoms with E-state index in [9.17, 15) is 0 Å². The summed E-state index contributed by atoms with van der Waals surface area (Å²) in [7, 11) is 0. The molecule has 0 aliphatic carbocycles. The van der Waals surface area contributed by atoms with Crippen LogP contribution in [0.2, 0.25) is 0 Å². The van der Waals surface area contributed by atoms with E-state index in [1.165, 1.54) is 11.1 Å². The molecular formula is C27H53N3. The van der Waals surface area contributed by atoms with E-state index in [-0.39, 0.29) is 27.9 Å². The minimum atomic E-state index is -0.179. The second-order valence-electron chi connectivity index (χ2n) is 13.4. The van der Waals surface area contributed by atoms with E-state index in [0.717, 1.165) is 19.3 Å². The summed E-state index contributed by atoms with van der Waals surface area (Å²) >= 11 is 0. The van der Waals surface area contributed by atoms with Crippen LogP contribution in [-0.2, 0) is 10.8 Å². The van der Waals surface area contributed by atoms with E-state index in [2.05, 4.69) is 107 Å². The molecular weight excluding hydrogens is 366 g/mol. The monoisotopic (exact) mass is 419 g/mol. The molecule has 3 heteroatoms. The molecule has 6 N–H and O–H groups in total. The highest BCUT2D eigenvalue weighted by molar-refractivity contribution is 5.38. The van der Waals surface area contributed by atoms with Crippen LogP contribution < -0.4 is 17.2 Å². The zero-order valence-electron chi connectivity index (χ0n) is 22.2. The molecule has 1 aromatic rings. The third-order valence-electron chi connectivity index (χ3n) is 5.10. The summed E-state index contributed by atoms with van der Waals surface area (Å²) in [4.78, 5) is 0. The average molecular weight is 420 g/mol. The zero-order valence-corrected chi connectivity index (χ0v) is 22.2. The quantitative estimate of drug-likeness (QED) is 0.487. The van der Waals surface area contributed by atoms with Gasteiger partial charge in [0, 0.05) is 17.1 Å². The van der Waals surface area contributed by atoms with Crippen LogP contribution in [0.3, 0.4) is 0 Å². The summed E-state index contributed by atoms with van der Waals surface area (Å²) in [6.07, 6.45) is 3.00. The van der Waals surface area contributed by atoms with Crippen LogP contribution in [0.4, 0.5) is 0 Å². The van der Waals surface area contributed by atoms with Crippen molar-refractivity contribution in [2.24, 2.45) is 22.6 Å². The molecule has 3 nitrogen and oxygen atoms in total. The first-order valence-corrected chi connectivity index (χ1v) is 11.5. The fourth-order valence-electron chi connectivity index (χ4n) is 5.18. The molecule has 30 heavy (non-hydrogen) atoms. The molecule has 0 amide bonds. The molecule has 0 bridgehead atoms. The van der Waals surface area contributed by atoms with Gasteiger partial charge in [-0.15, -0.1) is 0 Å². The highest BCUT2D eigenvalue weighted by Gasteiger charge is 2.33. The number of hydrogen-bond donors (Lipinski definition) is 3. The van der Waals surface area contributed by atoms with Crippen LogP contribution in [-0.4, -0.2) is 17.1 Å². The van der Waals surface area contributed by atoms with Gasteiger partial charge in [0.05, 0.1) is 0 Å². The Morgan fingerprint density at radius 3 is 1.30 bits per heavy atom. The van der Waals surface area contributed by atoms with Gasteiger partial charge in [-0.05, 0) is 81.3 Å². The van der Waals surface area contributed by atoms with Crippen molar-refractivity contribution in [2.75, 3.05) is 0 Å². The van der Waals surface area contributed by atoms with Crippen molar-refractivity contribution in [3.05, 3.63) is 35.4 Å². The average Bonchev–Trinajstić information content (AvgIpc) is 2.40. The van der Waals surface area contributed by atoms with Gasteiger partial charge in [-0.1, -0.05) is 72.7 Å². The lowest BCUT2D eigenvalue weighted by molar-refractivity contribution is 0.286. The first-order chi connectivity index (χ1) is 13.1. The van der Waals surface area contributed by atoms with Gasteiger partial charge < -0.3 is 17.2 Å². The minimum absolute atomic E-state index is 0.0156. The Bertz CT molecular complexity index is 623. The van der Waals surface area contributed by atoms with E-state index in [4.69, 9.17) is 17.2 Å². The summed E-state index contributed by atoms with van der Waals surface area (Å²) in [5.41, 5.74) is 21.2. The van der Waals surface area contributed by atoms with Crippen LogP contribution in [0.25, 0.3) is 0 Å². The number of nitrogens with two attached hydrogens (primary N) is 3. The molecule has 0 spiro atoms. The van der Waals surface area contributed by atoms with Gasteiger partial charge in [-0.25, -0.2) is 0 Å². The van der Waals surface area contributed by atoms with Gasteiger partial charge in [0.2, 0.25) is 0 Å². The Kier molecular flexibility index (Phi) is 9.84. The van der Waals surface area contributed by atoms with E-state index >= 15 is 0 Å². The van der Waals surface area contributed by atoms with Gasteiger partial charge in [0.15, 0.2) is 0 Å². The second kappa shape index (κ2) is 10.1. The Hall–Kier alpha value is -0.900. The summed E-state index contributed by atoms with van der Waals surface area (Å²) in [5, 5.41) is 0. The topological polar surface area (TPSA) is 78.1 Å². The Balaban J connectivity index is 0.000000787. The van der Waals surface area contributed by atoms with Gasteiger partial charge >= 0.3 is 0 Å². The molecule has 0 saturated carbocycles. The van der Waals surface area contributed by atoms with Gasteiger partial charge in [-0.3, -0.25) is 0 Å². The van der Waals surface area contributed by atoms with E-state index in [1.807, 2.05) is 0 Å². The summed E-state index contributed by atoms with van der Waals surface area (Å²) in [6, 6.07) is 8.96. The highest BCUT2D eigenvalue weighted by Crippen LogP contribution is 2.39. The Morgan fingerprint density at radius 1 is 0.667 bits per heavy atom. The molecule has 0 aliphatic heterocycles. The van der Waals surface area contributed by atoms with Crippen LogP contribution in [0.15, 0.2) is 24.3 Å². The number of rotatable bonds is 7. The third-order valence-corrected chi connectivity index (χ3v) is 5.10. The first-order valence-electron chi connectivity index (χ1n) is 11.5. The SMILES string of the molecule is CC(C)(C)CC(C)(C)N.CC(N)CC(C)(C)c1ccccc1C(C)(C)CC(C)(C)N. The fraction of sp³-hybridized carbons (Fsp3) is 0.778. The number of hydrogen-bond acceptors (Lipinski definition) is 3. The third kappa shape index (κ3) is 12.1. The van der Waals surface area contributed by atoms with Gasteiger partial charge in [-0.2, -0.15) is 0 Å². The summed E-state index contributed by atoms with van der Waals surface area (Å²) in [5.74, 6) is 0. The summed E-state index contributed by atoms with van der Waals surface area (Å²) < 4.78 is 0. The molecule has 1 unspecified atom stereocenters. The lowest BCUT2D eigenvalue weighted by Gasteiger charge is -2.38. The molecule has 176 valence electrons. The van der Waals surface area contributed by atoms with Crippen molar-refractivity contribution in [1.82, 2.24) is 0 Å². The standard InChI is InChI=1S/C19H34N2.C8H19N/c1-14(20)12-17(2,3)15-10-8-9-11-16(15)18(4,5)13-19(6,7)21;1-7(2,3)6-8(4,5)9/h8-11,14H,12-13,20-21H2,1-7H3;6,9H2,1-5H3. The predicted octanol–water partition coefficient (Wildman–Crippen LogP) is 6.27. The molecule has 0 saturated heterocycles. The molecule has 0 aliphatic rings. The lowest BCUT2D eigenvalue weighted by atomic mass is 9.68. The van der Waals surface area contributed by atoms with Crippen molar-refractivity contribution in [3.63, 3.8) is 0 Å².